The summed E-state index contributed by atoms with van der Waals surface area (Å²) >= 11 is 0. The SMILES string of the molecule is Cc1cc2c(cc1O)C13CCN(C(=O)Cc4ccccn4)CCC1(O)C(C2)N(CC1CC1)CC3. The lowest BCUT2D eigenvalue weighted by Gasteiger charge is -2.61. The lowest BCUT2D eigenvalue weighted by Crippen LogP contribution is -2.71. The van der Waals surface area contributed by atoms with Crippen molar-refractivity contribution in [2.45, 2.75) is 68.9 Å². The third kappa shape index (κ3) is 3.45. The van der Waals surface area contributed by atoms with Crippen LogP contribution in [0.5, 0.6) is 5.75 Å². The summed E-state index contributed by atoms with van der Waals surface area (Å²) in [4.78, 5) is 22.1. The normalized spacial score (nSPS) is 30.9. The summed E-state index contributed by atoms with van der Waals surface area (Å²) in [6.07, 6.45) is 7.58. The Hall–Kier alpha value is -2.44. The first-order chi connectivity index (χ1) is 16.4. The van der Waals surface area contributed by atoms with E-state index in [4.69, 9.17) is 0 Å². The zero-order chi connectivity index (χ0) is 23.5. The van der Waals surface area contributed by atoms with Crippen molar-refractivity contribution in [3.05, 3.63) is 58.9 Å². The highest BCUT2D eigenvalue weighted by molar-refractivity contribution is 5.78. The Morgan fingerprint density at radius 2 is 1.94 bits per heavy atom. The first-order valence-electron chi connectivity index (χ1n) is 12.9. The van der Waals surface area contributed by atoms with Crippen molar-refractivity contribution in [2.75, 3.05) is 26.2 Å². The van der Waals surface area contributed by atoms with Crippen LogP contribution in [0.4, 0.5) is 0 Å². The summed E-state index contributed by atoms with van der Waals surface area (Å²) in [7, 11) is 0. The molecule has 1 aromatic heterocycles. The number of piperidine rings is 1. The molecule has 6 heteroatoms. The molecule has 4 aliphatic rings. The predicted molar refractivity (Wildman–Crippen MR) is 130 cm³/mol. The topological polar surface area (TPSA) is 76.9 Å². The molecule has 180 valence electrons. The van der Waals surface area contributed by atoms with Gasteiger partial charge in [0, 0.05) is 43.0 Å². The minimum Gasteiger partial charge on any atom is -0.508 e. The Morgan fingerprint density at radius 1 is 1.15 bits per heavy atom. The van der Waals surface area contributed by atoms with Gasteiger partial charge in [-0.05, 0) is 92.8 Å². The summed E-state index contributed by atoms with van der Waals surface area (Å²) in [5.74, 6) is 1.15. The van der Waals surface area contributed by atoms with Crippen LogP contribution in [0.25, 0.3) is 0 Å². The molecule has 34 heavy (non-hydrogen) atoms. The summed E-state index contributed by atoms with van der Waals surface area (Å²) < 4.78 is 0. The van der Waals surface area contributed by atoms with Crippen molar-refractivity contribution in [3.8, 4) is 5.75 Å². The molecule has 2 N–H and O–H groups in total. The van der Waals surface area contributed by atoms with Gasteiger partial charge >= 0.3 is 0 Å². The minimum absolute atomic E-state index is 0.0594. The number of phenols is 1. The Labute approximate surface area is 201 Å². The smallest absolute Gasteiger partial charge is 0.228 e. The van der Waals surface area contributed by atoms with Crippen molar-refractivity contribution in [1.82, 2.24) is 14.8 Å². The number of fused-ring (bicyclic) bond motifs is 1. The Bertz CT molecular complexity index is 1100. The van der Waals surface area contributed by atoms with Crippen LogP contribution in [0.3, 0.4) is 0 Å². The monoisotopic (exact) mass is 461 g/mol. The average molecular weight is 462 g/mol. The van der Waals surface area contributed by atoms with E-state index in [9.17, 15) is 15.0 Å². The van der Waals surface area contributed by atoms with Crippen LogP contribution in [0.2, 0.25) is 0 Å². The van der Waals surface area contributed by atoms with Crippen LogP contribution in [-0.2, 0) is 23.1 Å². The van der Waals surface area contributed by atoms with E-state index in [1.165, 1.54) is 18.4 Å². The number of hydrogen-bond donors (Lipinski definition) is 2. The number of aromatic nitrogens is 1. The lowest BCUT2D eigenvalue weighted by atomic mass is 9.52. The Kier molecular flexibility index (Phi) is 5.23. The number of nitrogens with zero attached hydrogens (tertiary/aromatic N) is 3. The van der Waals surface area contributed by atoms with Crippen LogP contribution in [-0.4, -0.2) is 68.7 Å². The zero-order valence-corrected chi connectivity index (χ0v) is 20.0. The van der Waals surface area contributed by atoms with Crippen molar-refractivity contribution >= 4 is 5.91 Å². The van der Waals surface area contributed by atoms with E-state index in [0.29, 0.717) is 31.7 Å². The fraction of sp³-hybridized carbons (Fsp3) is 0.571. The highest BCUT2D eigenvalue weighted by Crippen LogP contribution is 2.57. The van der Waals surface area contributed by atoms with Gasteiger partial charge in [0.2, 0.25) is 5.91 Å². The van der Waals surface area contributed by atoms with Gasteiger partial charge in [0.15, 0.2) is 0 Å². The van der Waals surface area contributed by atoms with Crippen LogP contribution >= 0.6 is 0 Å². The molecule has 1 aromatic carbocycles. The number of benzene rings is 1. The highest BCUT2D eigenvalue weighted by atomic mass is 16.3. The molecular weight excluding hydrogens is 426 g/mol. The molecular formula is C28H35N3O3. The molecule has 3 heterocycles. The minimum atomic E-state index is -0.908. The number of hydrogen-bond acceptors (Lipinski definition) is 5. The summed E-state index contributed by atoms with van der Waals surface area (Å²) in [5.41, 5.74) is 2.71. The van der Waals surface area contributed by atoms with Crippen LogP contribution in [0.1, 0.15) is 54.5 Å². The highest BCUT2D eigenvalue weighted by Gasteiger charge is 2.63. The van der Waals surface area contributed by atoms with Crippen molar-refractivity contribution in [3.63, 3.8) is 0 Å². The summed E-state index contributed by atoms with van der Waals surface area (Å²) in [5, 5.41) is 23.2. The molecule has 3 fully saturated rings. The number of carbonyl (C=O) groups is 1. The van der Waals surface area contributed by atoms with E-state index >= 15 is 0 Å². The molecule has 6 rings (SSSR count). The van der Waals surface area contributed by atoms with Crippen LogP contribution in [0, 0.1) is 12.8 Å². The molecule has 2 saturated heterocycles. The quantitative estimate of drug-likeness (QED) is 0.732. The number of aliphatic hydroxyl groups is 1. The maximum atomic E-state index is 13.2. The first-order valence-corrected chi connectivity index (χ1v) is 12.9. The number of carbonyl (C=O) groups excluding carboxylic acids is 1. The molecule has 3 unspecified atom stereocenters. The van der Waals surface area contributed by atoms with Gasteiger partial charge in [-0.3, -0.25) is 14.7 Å². The van der Waals surface area contributed by atoms with Gasteiger partial charge < -0.3 is 15.1 Å². The van der Waals surface area contributed by atoms with Crippen molar-refractivity contribution < 1.29 is 15.0 Å². The molecule has 2 aliphatic carbocycles. The molecule has 0 spiro atoms. The molecule has 3 atom stereocenters. The number of aromatic hydroxyl groups is 1. The summed E-state index contributed by atoms with van der Waals surface area (Å²) in [6, 6.07) is 9.79. The first kappa shape index (κ1) is 22.1. The number of phenolic OH excluding ortho intramolecular Hbond substituents is 1. The Morgan fingerprint density at radius 3 is 2.71 bits per heavy atom. The van der Waals surface area contributed by atoms with Crippen LogP contribution < -0.4 is 0 Å². The van der Waals surface area contributed by atoms with Gasteiger partial charge in [-0.15, -0.1) is 0 Å². The maximum Gasteiger partial charge on any atom is 0.228 e. The number of rotatable bonds is 4. The van der Waals surface area contributed by atoms with E-state index in [0.717, 1.165) is 55.1 Å². The lowest BCUT2D eigenvalue weighted by molar-refractivity contribution is -0.149. The van der Waals surface area contributed by atoms with Gasteiger partial charge in [0.1, 0.15) is 5.75 Å². The molecule has 0 radical (unpaired) electrons. The number of amides is 1. The molecule has 2 bridgehead atoms. The van der Waals surface area contributed by atoms with Crippen molar-refractivity contribution in [2.24, 2.45) is 5.92 Å². The fourth-order valence-electron chi connectivity index (χ4n) is 7.07. The second-order valence-electron chi connectivity index (χ2n) is 11.1. The van der Waals surface area contributed by atoms with E-state index < -0.39 is 11.0 Å². The largest absolute Gasteiger partial charge is 0.508 e. The number of pyridine rings is 1. The van der Waals surface area contributed by atoms with Crippen LogP contribution in [0.15, 0.2) is 36.5 Å². The second kappa shape index (κ2) is 8.06. The number of aryl methyl sites for hydroxylation is 1. The average Bonchev–Trinajstić information content (AvgIpc) is 3.65. The van der Waals surface area contributed by atoms with Gasteiger partial charge in [-0.2, -0.15) is 0 Å². The van der Waals surface area contributed by atoms with E-state index in [1.54, 1.807) is 6.20 Å². The van der Waals surface area contributed by atoms with E-state index in [2.05, 4.69) is 16.0 Å². The summed E-state index contributed by atoms with van der Waals surface area (Å²) in [6.45, 7) is 5.18. The molecule has 1 saturated carbocycles. The van der Waals surface area contributed by atoms with Gasteiger partial charge in [0.05, 0.1) is 12.0 Å². The third-order valence-electron chi connectivity index (χ3n) is 9.17. The molecule has 2 aliphatic heterocycles. The van der Waals surface area contributed by atoms with Crippen molar-refractivity contribution in [1.29, 1.82) is 0 Å². The predicted octanol–water partition coefficient (Wildman–Crippen LogP) is 2.97. The molecule has 2 aromatic rings. The van der Waals surface area contributed by atoms with E-state index in [-0.39, 0.29) is 11.9 Å². The standard InChI is InChI=1S/C28H35N3O3/c1-19-14-21-15-25-28(34)9-13-30(26(33)16-22-4-2-3-10-29-22)11-7-27(28,23(21)17-24(19)32)8-12-31(25)18-20-5-6-20/h2-4,10,14,17,20,25,32,34H,5-9,11-13,15-16,18H2,1H3. The Balaban J connectivity index is 1.36. The maximum absolute atomic E-state index is 13.2. The van der Waals surface area contributed by atoms with Gasteiger partial charge in [-0.1, -0.05) is 12.1 Å². The number of likely N-dealkylation sites (tertiary alicyclic amines) is 2. The molecule has 1 amide bonds. The zero-order valence-electron chi connectivity index (χ0n) is 20.0. The third-order valence-corrected chi connectivity index (χ3v) is 9.17. The van der Waals surface area contributed by atoms with E-state index in [1.807, 2.05) is 36.1 Å². The van der Waals surface area contributed by atoms with Gasteiger partial charge in [-0.25, -0.2) is 0 Å². The van der Waals surface area contributed by atoms with Gasteiger partial charge in [0.25, 0.3) is 0 Å². The second-order valence-corrected chi connectivity index (χ2v) is 11.1. The fourth-order valence-corrected chi connectivity index (χ4v) is 7.07. The molecule has 6 nitrogen and oxygen atoms in total.